The molecular formula is C22H30N4O6S. The molecule has 180 valence electrons. The van der Waals surface area contributed by atoms with Crippen LogP contribution in [-0.2, 0) is 19.6 Å². The molecule has 0 unspecified atom stereocenters. The summed E-state index contributed by atoms with van der Waals surface area (Å²) in [4.78, 5) is 38.7. The maximum absolute atomic E-state index is 13.1. The summed E-state index contributed by atoms with van der Waals surface area (Å²) in [5, 5.41) is 5.47. The maximum Gasteiger partial charge on any atom is 0.325 e. The van der Waals surface area contributed by atoms with Crippen LogP contribution >= 0.6 is 0 Å². The van der Waals surface area contributed by atoms with Crippen LogP contribution in [0.4, 0.5) is 10.5 Å². The maximum atomic E-state index is 13.1. The van der Waals surface area contributed by atoms with Crippen LogP contribution in [0.25, 0.3) is 0 Å². The lowest BCUT2D eigenvalue weighted by Crippen LogP contribution is -2.44. The molecule has 1 aromatic rings. The summed E-state index contributed by atoms with van der Waals surface area (Å²) in [6, 6.07) is 4.05. The Hall–Kier alpha value is -2.66. The van der Waals surface area contributed by atoms with Gasteiger partial charge in [-0.1, -0.05) is 12.8 Å². The molecule has 1 spiro atoms. The van der Waals surface area contributed by atoms with E-state index in [2.05, 4.69) is 10.6 Å². The predicted molar refractivity (Wildman–Crippen MR) is 120 cm³/mol. The first-order valence-electron chi connectivity index (χ1n) is 11.5. The highest BCUT2D eigenvalue weighted by Crippen LogP contribution is 2.35. The Bertz CT molecular complexity index is 1040. The molecule has 1 aliphatic carbocycles. The molecule has 10 nitrogen and oxygen atoms in total. The Morgan fingerprint density at radius 2 is 1.85 bits per heavy atom. The van der Waals surface area contributed by atoms with E-state index in [1.807, 2.05) is 0 Å². The van der Waals surface area contributed by atoms with Gasteiger partial charge in [-0.25, -0.2) is 13.2 Å². The van der Waals surface area contributed by atoms with E-state index in [4.69, 9.17) is 4.74 Å². The molecule has 2 N–H and O–H groups in total. The zero-order valence-corrected chi connectivity index (χ0v) is 19.6. The number of urea groups is 1. The molecule has 11 heteroatoms. The first-order chi connectivity index (χ1) is 15.8. The standard InChI is InChI=1S/C22H30N4O6S/c1-2-32-17-8-7-16(15-18(17)33(30,31)25-12-5-6-13-25)23-19(27)9-14-26-20(28)22(24-21(26)29)10-3-4-11-22/h7-8,15H,2-6,9-14H2,1H3,(H,23,27)(H,24,29). The van der Waals surface area contributed by atoms with E-state index in [9.17, 15) is 22.8 Å². The van der Waals surface area contributed by atoms with Crippen LogP contribution in [-0.4, -0.2) is 67.2 Å². The second-order valence-electron chi connectivity index (χ2n) is 8.68. The SMILES string of the molecule is CCOc1ccc(NC(=O)CCN2C(=O)NC3(CCCC3)C2=O)cc1S(=O)(=O)N1CCCC1. The summed E-state index contributed by atoms with van der Waals surface area (Å²) in [5.74, 6) is -0.446. The number of ether oxygens (including phenoxy) is 1. The van der Waals surface area contributed by atoms with Crippen LogP contribution in [0.15, 0.2) is 23.1 Å². The molecule has 0 radical (unpaired) electrons. The van der Waals surface area contributed by atoms with Crippen molar-refractivity contribution >= 4 is 33.6 Å². The molecule has 0 aromatic heterocycles. The Morgan fingerprint density at radius 1 is 1.15 bits per heavy atom. The zero-order chi connectivity index (χ0) is 23.6. The van der Waals surface area contributed by atoms with Crippen LogP contribution in [0.3, 0.4) is 0 Å². The van der Waals surface area contributed by atoms with Crippen LogP contribution < -0.4 is 15.4 Å². The smallest absolute Gasteiger partial charge is 0.325 e. The fourth-order valence-corrected chi connectivity index (χ4v) is 6.44. The molecule has 2 saturated heterocycles. The number of carbonyl (C=O) groups excluding carboxylic acids is 3. The van der Waals surface area contributed by atoms with Crippen molar-refractivity contribution in [2.45, 2.75) is 62.3 Å². The molecule has 2 heterocycles. The number of hydrogen-bond donors (Lipinski definition) is 2. The molecule has 2 aliphatic heterocycles. The first kappa shape index (κ1) is 23.5. The Morgan fingerprint density at radius 3 is 2.52 bits per heavy atom. The fraction of sp³-hybridized carbons (Fsp3) is 0.591. The van der Waals surface area contributed by atoms with Gasteiger partial charge in [0.05, 0.1) is 6.61 Å². The Labute approximate surface area is 193 Å². The number of benzene rings is 1. The molecule has 3 aliphatic rings. The van der Waals surface area contributed by atoms with Crippen LogP contribution in [0.1, 0.15) is 51.9 Å². The molecule has 1 aromatic carbocycles. The van der Waals surface area contributed by atoms with Crippen molar-refractivity contribution in [3.8, 4) is 5.75 Å². The normalized spacial score (nSPS) is 20.5. The van der Waals surface area contributed by atoms with Gasteiger partial charge in [0, 0.05) is 31.7 Å². The van der Waals surface area contributed by atoms with Crippen molar-refractivity contribution in [3.05, 3.63) is 18.2 Å². The average molecular weight is 479 g/mol. The van der Waals surface area contributed by atoms with Gasteiger partial charge in [-0.15, -0.1) is 0 Å². The average Bonchev–Trinajstić information content (AvgIpc) is 3.52. The van der Waals surface area contributed by atoms with Crippen molar-refractivity contribution in [3.63, 3.8) is 0 Å². The van der Waals surface area contributed by atoms with Crippen LogP contribution in [0.5, 0.6) is 5.75 Å². The van der Waals surface area contributed by atoms with E-state index in [-0.39, 0.29) is 29.5 Å². The largest absolute Gasteiger partial charge is 0.492 e. The predicted octanol–water partition coefficient (Wildman–Crippen LogP) is 2.06. The number of amides is 4. The van der Waals surface area contributed by atoms with Crippen molar-refractivity contribution in [2.24, 2.45) is 0 Å². The van der Waals surface area contributed by atoms with E-state index in [1.165, 1.54) is 16.4 Å². The number of imide groups is 1. The summed E-state index contributed by atoms with van der Waals surface area (Å²) in [6.45, 7) is 2.96. The zero-order valence-electron chi connectivity index (χ0n) is 18.8. The van der Waals surface area contributed by atoms with E-state index in [1.54, 1.807) is 13.0 Å². The van der Waals surface area contributed by atoms with Crippen molar-refractivity contribution < 1.29 is 27.5 Å². The second kappa shape index (κ2) is 9.30. The van der Waals surface area contributed by atoms with Crippen molar-refractivity contribution in [2.75, 3.05) is 31.6 Å². The van der Waals surface area contributed by atoms with E-state index in [0.717, 1.165) is 30.6 Å². The van der Waals surface area contributed by atoms with Gasteiger partial charge in [-0.3, -0.25) is 14.5 Å². The highest BCUT2D eigenvalue weighted by atomic mass is 32.2. The Kier molecular flexibility index (Phi) is 6.62. The highest BCUT2D eigenvalue weighted by molar-refractivity contribution is 7.89. The number of carbonyl (C=O) groups is 3. The molecule has 0 atom stereocenters. The third kappa shape index (κ3) is 4.56. The lowest BCUT2D eigenvalue weighted by atomic mass is 9.98. The number of nitrogens with one attached hydrogen (secondary N) is 2. The van der Waals surface area contributed by atoms with Gasteiger partial charge in [0.25, 0.3) is 5.91 Å². The summed E-state index contributed by atoms with van der Waals surface area (Å²) in [5.41, 5.74) is -0.493. The number of hydrogen-bond acceptors (Lipinski definition) is 6. The quantitative estimate of drug-likeness (QED) is 0.551. The first-order valence-corrected chi connectivity index (χ1v) is 12.9. The van der Waals surface area contributed by atoms with Gasteiger partial charge in [-0.05, 0) is 50.8 Å². The summed E-state index contributed by atoms with van der Waals surface area (Å²) in [6.07, 6.45) is 4.56. The number of anilines is 1. The van der Waals surface area contributed by atoms with Crippen molar-refractivity contribution in [1.82, 2.24) is 14.5 Å². The molecule has 3 fully saturated rings. The third-order valence-electron chi connectivity index (χ3n) is 6.48. The highest BCUT2D eigenvalue weighted by Gasteiger charge is 2.52. The number of rotatable bonds is 8. The topological polar surface area (TPSA) is 125 Å². The summed E-state index contributed by atoms with van der Waals surface area (Å²) >= 11 is 0. The minimum absolute atomic E-state index is 0.0151. The second-order valence-corrected chi connectivity index (χ2v) is 10.6. The summed E-state index contributed by atoms with van der Waals surface area (Å²) < 4.78 is 33.2. The molecule has 33 heavy (non-hydrogen) atoms. The minimum Gasteiger partial charge on any atom is -0.492 e. The summed E-state index contributed by atoms with van der Waals surface area (Å²) in [7, 11) is -3.75. The van der Waals surface area contributed by atoms with Crippen LogP contribution in [0.2, 0.25) is 0 Å². The molecule has 4 amide bonds. The molecular weight excluding hydrogens is 448 g/mol. The minimum atomic E-state index is -3.75. The fourth-order valence-electron chi connectivity index (χ4n) is 4.76. The van der Waals surface area contributed by atoms with Gasteiger partial charge in [0.2, 0.25) is 15.9 Å². The molecule has 4 rings (SSSR count). The van der Waals surface area contributed by atoms with Crippen LogP contribution in [0, 0.1) is 0 Å². The number of nitrogens with zero attached hydrogens (tertiary/aromatic N) is 2. The van der Waals surface area contributed by atoms with E-state index < -0.39 is 27.5 Å². The van der Waals surface area contributed by atoms with E-state index >= 15 is 0 Å². The molecule has 0 bridgehead atoms. The van der Waals surface area contributed by atoms with E-state index in [0.29, 0.717) is 38.2 Å². The van der Waals surface area contributed by atoms with Gasteiger partial charge >= 0.3 is 6.03 Å². The Balaban J connectivity index is 1.44. The van der Waals surface area contributed by atoms with Crippen molar-refractivity contribution in [1.29, 1.82) is 0 Å². The number of sulfonamides is 1. The van der Waals surface area contributed by atoms with Gasteiger partial charge in [0.15, 0.2) is 0 Å². The van der Waals surface area contributed by atoms with Gasteiger partial charge in [0.1, 0.15) is 16.2 Å². The van der Waals surface area contributed by atoms with Gasteiger partial charge in [-0.2, -0.15) is 4.31 Å². The lowest BCUT2D eigenvalue weighted by Gasteiger charge is -2.20. The lowest BCUT2D eigenvalue weighted by molar-refractivity contribution is -0.131. The van der Waals surface area contributed by atoms with Gasteiger partial charge < -0.3 is 15.4 Å². The monoisotopic (exact) mass is 478 g/mol. The molecule has 1 saturated carbocycles. The third-order valence-corrected chi connectivity index (χ3v) is 8.40.